The van der Waals surface area contributed by atoms with E-state index in [1.54, 1.807) is 4.90 Å². The molecule has 4 rings (SSSR count). The third-order valence-electron chi connectivity index (χ3n) is 4.88. The first-order chi connectivity index (χ1) is 11.5. The van der Waals surface area contributed by atoms with Crippen molar-refractivity contribution in [2.24, 2.45) is 0 Å². The normalized spacial score (nSPS) is 23.5. The number of nitrogens with zero attached hydrogens (tertiary/aromatic N) is 2. The van der Waals surface area contributed by atoms with Crippen molar-refractivity contribution >= 4 is 5.82 Å². The van der Waals surface area contributed by atoms with E-state index in [4.69, 9.17) is 4.74 Å². The van der Waals surface area contributed by atoms with Crippen LogP contribution in [0.5, 0.6) is 0 Å². The second-order valence-electron chi connectivity index (χ2n) is 6.29. The molecule has 0 amide bonds. The number of hydrogen-bond acceptors (Lipinski definition) is 3. The van der Waals surface area contributed by atoms with E-state index in [1.807, 2.05) is 18.2 Å². The monoisotopic (exact) mass is 334 g/mol. The molecule has 1 atom stereocenters. The fourth-order valence-electron chi connectivity index (χ4n) is 3.80. The molecular formula is C18H17F3N2O. The van der Waals surface area contributed by atoms with E-state index < -0.39 is 17.3 Å². The molecule has 1 saturated heterocycles. The number of rotatable bonds is 1. The number of benzene rings is 1. The maximum Gasteiger partial charge on any atom is 0.419 e. The van der Waals surface area contributed by atoms with Crippen LogP contribution in [-0.4, -0.2) is 24.7 Å². The minimum Gasteiger partial charge on any atom is -0.367 e. The molecule has 2 aliphatic rings. The van der Waals surface area contributed by atoms with E-state index in [0.717, 1.165) is 24.5 Å². The minimum absolute atomic E-state index is 0.00273. The molecule has 0 radical (unpaired) electrons. The Morgan fingerprint density at radius 3 is 2.79 bits per heavy atom. The van der Waals surface area contributed by atoms with E-state index in [-0.39, 0.29) is 5.82 Å². The van der Waals surface area contributed by atoms with E-state index >= 15 is 0 Å². The van der Waals surface area contributed by atoms with Crippen LogP contribution in [0.2, 0.25) is 0 Å². The number of pyridine rings is 1. The Bertz CT molecular complexity index is 758. The van der Waals surface area contributed by atoms with Gasteiger partial charge in [0.05, 0.1) is 18.7 Å². The molecule has 0 bridgehead atoms. The molecule has 1 aromatic carbocycles. The SMILES string of the molecule is FC(F)(F)c1cccnc1N1CCOC2(CCc3ccccc32)C1. The van der Waals surface area contributed by atoms with Crippen LogP contribution in [0.15, 0.2) is 42.6 Å². The summed E-state index contributed by atoms with van der Waals surface area (Å²) in [6.45, 7) is 1.19. The maximum atomic E-state index is 13.3. The molecule has 1 spiro atoms. The summed E-state index contributed by atoms with van der Waals surface area (Å²) in [5.74, 6) is -0.00273. The Balaban J connectivity index is 1.71. The van der Waals surface area contributed by atoms with Gasteiger partial charge in [0.2, 0.25) is 0 Å². The quantitative estimate of drug-likeness (QED) is 0.794. The lowest BCUT2D eigenvalue weighted by Gasteiger charge is -2.42. The Morgan fingerprint density at radius 2 is 1.96 bits per heavy atom. The van der Waals surface area contributed by atoms with Crippen LogP contribution in [0.25, 0.3) is 0 Å². The van der Waals surface area contributed by atoms with Gasteiger partial charge in [0.25, 0.3) is 0 Å². The number of ether oxygens (including phenoxy) is 1. The first kappa shape index (κ1) is 15.4. The zero-order chi connectivity index (χ0) is 16.8. The van der Waals surface area contributed by atoms with E-state index in [0.29, 0.717) is 19.7 Å². The number of aromatic nitrogens is 1. The third-order valence-corrected chi connectivity index (χ3v) is 4.88. The van der Waals surface area contributed by atoms with Gasteiger partial charge in [-0.05, 0) is 36.1 Å². The number of aryl methyl sites for hydroxylation is 1. The molecule has 2 heterocycles. The summed E-state index contributed by atoms with van der Waals surface area (Å²) < 4.78 is 46.0. The molecule has 1 aliphatic carbocycles. The number of hydrogen-bond donors (Lipinski definition) is 0. The molecule has 1 fully saturated rings. The molecule has 2 aromatic rings. The summed E-state index contributed by atoms with van der Waals surface area (Å²) in [4.78, 5) is 5.75. The standard InChI is InChI=1S/C18H17F3N2O/c19-18(20,21)15-6-3-9-22-16(15)23-10-11-24-17(12-23)8-7-13-4-1-2-5-14(13)17/h1-6,9H,7-8,10-12H2. The van der Waals surface area contributed by atoms with Crippen molar-refractivity contribution in [3.8, 4) is 0 Å². The predicted molar refractivity (Wildman–Crippen MR) is 83.8 cm³/mol. The average Bonchev–Trinajstić information content (AvgIpc) is 2.93. The van der Waals surface area contributed by atoms with Gasteiger partial charge in [0, 0.05) is 12.7 Å². The third kappa shape index (κ3) is 2.45. The van der Waals surface area contributed by atoms with Crippen molar-refractivity contribution in [3.63, 3.8) is 0 Å². The van der Waals surface area contributed by atoms with Gasteiger partial charge in [0.1, 0.15) is 11.4 Å². The fraction of sp³-hybridized carbons (Fsp3) is 0.389. The van der Waals surface area contributed by atoms with Crippen LogP contribution in [0.4, 0.5) is 19.0 Å². The Hall–Kier alpha value is -2.08. The second kappa shape index (κ2) is 5.48. The summed E-state index contributed by atoms with van der Waals surface area (Å²) >= 11 is 0. The van der Waals surface area contributed by atoms with Crippen LogP contribution in [0.3, 0.4) is 0 Å². The summed E-state index contributed by atoms with van der Waals surface area (Å²) in [7, 11) is 0. The van der Waals surface area contributed by atoms with Crippen molar-refractivity contribution in [2.75, 3.05) is 24.6 Å². The van der Waals surface area contributed by atoms with Crippen LogP contribution in [0, 0.1) is 0 Å². The molecule has 24 heavy (non-hydrogen) atoms. The molecule has 1 aliphatic heterocycles. The summed E-state index contributed by atoms with van der Waals surface area (Å²) in [5, 5.41) is 0. The molecule has 1 aromatic heterocycles. The van der Waals surface area contributed by atoms with E-state index in [1.165, 1.54) is 17.8 Å². The van der Waals surface area contributed by atoms with Gasteiger partial charge in [-0.1, -0.05) is 24.3 Å². The first-order valence-electron chi connectivity index (χ1n) is 7.99. The van der Waals surface area contributed by atoms with Crippen molar-refractivity contribution in [2.45, 2.75) is 24.6 Å². The number of anilines is 1. The van der Waals surface area contributed by atoms with Crippen LogP contribution < -0.4 is 4.90 Å². The molecule has 0 saturated carbocycles. The Morgan fingerprint density at radius 1 is 1.12 bits per heavy atom. The fourth-order valence-corrected chi connectivity index (χ4v) is 3.80. The van der Waals surface area contributed by atoms with Crippen molar-refractivity contribution in [1.82, 2.24) is 4.98 Å². The van der Waals surface area contributed by atoms with Gasteiger partial charge in [-0.25, -0.2) is 4.98 Å². The molecule has 3 nitrogen and oxygen atoms in total. The average molecular weight is 334 g/mol. The minimum atomic E-state index is -4.41. The highest BCUT2D eigenvalue weighted by molar-refractivity contribution is 5.50. The van der Waals surface area contributed by atoms with Gasteiger partial charge < -0.3 is 9.64 Å². The van der Waals surface area contributed by atoms with Crippen LogP contribution in [-0.2, 0) is 22.9 Å². The number of halogens is 3. The van der Waals surface area contributed by atoms with Crippen molar-refractivity contribution in [1.29, 1.82) is 0 Å². The van der Waals surface area contributed by atoms with Crippen LogP contribution >= 0.6 is 0 Å². The smallest absolute Gasteiger partial charge is 0.367 e. The zero-order valence-electron chi connectivity index (χ0n) is 13.0. The van der Waals surface area contributed by atoms with Gasteiger partial charge in [0.15, 0.2) is 0 Å². The van der Waals surface area contributed by atoms with Gasteiger partial charge >= 0.3 is 6.18 Å². The Labute approximate surface area is 138 Å². The topological polar surface area (TPSA) is 25.4 Å². The lowest BCUT2D eigenvalue weighted by molar-refractivity contribution is -0.137. The molecule has 0 N–H and O–H groups in total. The summed E-state index contributed by atoms with van der Waals surface area (Å²) in [6.07, 6.45) is -1.33. The molecular weight excluding hydrogens is 317 g/mol. The highest BCUT2D eigenvalue weighted by Gasteiger charge is 2.45. The van der Waals surface area contributed by atoms with E-state index in [9.17, 15) is 13.2 Å². The van der Waals surface area contributed by atoms with Gasteiger partial charge in [-0.3, -0.25) is 0 Å². The highest BCUT2D eigenvalue weighted by Crippen LogP contribution is 2.44. The number of morpholine rings is 1. The second-order valence-corrected chi connectivity index (χ2v) is 6.29. The zero-order valence-corrected chi connectivity index (χ0v) is 13.0. The number of alkyl halides is 3. The number of fused-ring (bicyclic) bond motifs is 2. The lowest BCUT2D eigenvalue weighted by atomic mass is 9.93. The van der Waals surface area contributed by atoms with Gasteiger partial charge in [-0.2, -0.15) is 13.2 Å². The van der Waals surface area contributed by atoms with Crippen molar-refractivity contribution < 1.29 is 17.9 Å². The highest BCUT2D eigenvalue weighted by atomic mass is 19.4. The maximum absolute atomic E-state index is 13.3. The van der Waals surface area contributed by atoms with Crippen molar-refractivity contribution in [3.05, 3.63) is 59.3 Å². The first-order valence-corrected chi connectivity index (χ1v) is 7.99. The predicted octanol–water partition coefficient (Wildman–Crippen LogP) is 3.78. The summed E-state index contributed by atoms with van der Waals surface area (Å²) in [6, 6.07) is 10.4. The van der Waals surface area contributed by atoms with Gasteiger partial charge in [-0.15, -0.1) is 0 Å². The summed E-state index contributed by atoms with van der Waals surface area (Å²) in [5.41, 5.74) is 1.10. The largest absolute Gasteiger partial charge is 0.419 e. The van der Waals surface area contributed by atoms with E-state index in [2.05, 4.69) is 11.1 Å². The Kier molecular flexibility index (Phi) is 3.53. The molecule has 6 heteroatoms. The molecule has 1 unspecified atom stereocenters. The van der Waals surface area contributed by atoms with Crippen LogP contribution in [0.1, 0.15) is 23.1 Å². The lowest BCUT2D eigenvalue weighted by Crippen LogP contribution is -2.49. The molecule has 126 valence electrons.